The molecule has 0 aliphatic heterocycles. The Kier molecular flexibility index (Phi) is 4.98. The number of amides is 1. The minimum absolute atomic E-state index is 0.0156. The Morgan fingerprint density at radius 1 is 1.09 bits per heavy atom. The SMILES string of the molecule is COc1ccc(C(=O)N/N=C/c2ccc(OC)cc2O)cc1. The summed E-state index contributed by atoms with van der Waals surface area (Å²) in [5, 5.41) is 13.6. The van der Waals surface area contributed by atoms with Crippen LogP contribution in [0.5, 0.6) is 17.2 Å². The molecule has 0 bridgehead atoms. The molecule has 114 valence electrons. The highest BCUT2D eigenvalue weighted by Gasteiger charge is 2.04. The van der Waals surface area contributed by atoms with Crippen molar-refractivity contribution in [3.8, 4) is 17.2 Å². The third-order valence-corrected chi connectivity index (χ3v) is 2.96. The van der Waals surface area contributed by atoms with Crippen LogP contribution in [0.2, 0.25) is 0 Å². The monoisotopic (exact) mass is 300 g/mol. The molecule has 0 heterocycles. The van der Waals surface area contributed by atoms with Crippen LogP contribution in [0.4, 0.5) is 0 Å². The van der Waals surface area contributed by atoms with E-state index in [0.717, 1.165) is 0 Å². The molecule has 0 aromatic heterocycles. The van der Waals surface area contributed by atoms with E-state index in [9.17, 15) is 9.90 Å². The van der Waals surface area contributed by atoms with Crippen LogP contribution in [0.1, 0.15) is 15.9 Å². The van der Waals surface area contributed by atoms with E-state index in [1.807, 2.05) is 0 Å². The Morgan fingerprint density at radius 3 is 2.32 bits per heavy atom. The van der Waals surface area contributed by atoms with Gasteiger partial charge in [-0.25, -0.2) is 5.43 Å². The molecular formula is C16H16N2O4. The molecule has 0 unspecified atom stereocenters. The first-order valence-electron chi connectivity index (χ1n) is 6.48. The Hall–Kier alpha value is -3.02. The fourth-order valence-electron chi connectivity index (χ4n) is 1.73. The highest BCUT2D eigenvalue weighted by Crippen LogP contribution is 2.21. The van der Waals surface area contributed by atoms with E-state index in [1.54, 1.807) is 43.5 Å². The molecule has 0 radical (unpaired) electrons. The number of hydrogen-bond acceptors (Lipinski definition) is 5. The average molecular weight is 300 g/mol. The van der Waals surface area contributed by atoms with Crippen LogP contribution in [0.3, 0.4) is 0 Å². The van der Waals surface area contributed by atoms with E-state index in [2.05, 4.69) is 10.5 Å². The number of carbonyl (C=O) groups is 1. The lowest BCUT2D eigenvalue weighted by molar-refractivity contribution is 0.0955. The van der Waals surface area contributed by atoms with Gasteiger partial charge in [0.1, 0.15) is 17.2 Å². The van der Waals surface area contributed by atoms with Gasteiger partial charge in [-0.05, 0) is 36.4 Å². The first-order chi connectivity index (χ1) is 10.6. The second kappa shape index (κ2) is 7.12. The van der Waals surface area contributed by atoms with Crippen molar-refractivity contribution in [3.05, 3.63) is 53.6 Å². The number of phenols is 1. The molecular weight excluding hydrogens is 284 g/mol. The first-order valence-corrected chi connectivity index (χ1v) is 6.48. The highest BCUT2D eigenvalue weighted by molar-refractivity contribution is 5.95. The van der Waals surface area contributed by atoms with Crippen LogP contribution in [-0.4, -0.2) is 31.4 Å². The van der Waals surface area contributed by atoms with Crippen molar-refractivity contribution < 1.29 is 19.4 Å². The quantitative estimate of drug-likeness (QED) is 0.655. The molecule has 0 fully saturated rings. The first kappa shape index (κ1) is 15.4. The molecule has 6 heteroatoms. The molecule has 2 rings (SSSR count). The fraction of sp³-hybridized carbons (Fsp3) is 0.125. The number of aromatic hydroxyl groups is 1. The summed E-state index contributed by atoms with van der Waals surface area (Å²) in [5.74, 6) is 0.869. The number of hydrazone groups is 1. The van der Waals surface area contributed by atoms with Crippen molar-refractivity contribution in [1.29, 1.82) is 0 Å². The third-order valence-electron chi connectivity index (χ3n) is 2.96. The number of carbonyl (C=O) groups excluding carboxylic acids is 1. The van der Waals surface area contributed by atoms with Crippen molar-refractivity contribution >= 4 is 12.1 Å². The molecule has 0 saturated carbocycles. The van der Waals surface area contributed by atoms with Crippen LogP contribution >= 0.6 is 0 Å². The van der Waals surface area contributed by atoms with Crippen LogP contribution in [0.25, 0.3) is 0 Å². The standard InChI is InChI=1S/C16H16N2O4/c1-21-13-6-3-11(4-7-13)16(20)18-17-10-12-5-8-14(22-2)9-15(12)19/h3-10,19H,1-2H3,(H,18,20)/b17-10+. The Morgan fingerprint density at radius 2 is 1.73 bits per heavy atom. The molecule has 6 nitrogen and oxygen atoms in total. The van der Waals surface area contributed by atoms with Gasteiger partial charge in [0.05, 0.1) is 20.4 Å². The van der Waals surface area contributed by atoms with E-state index < -0.39 is 0 Å². The average Bonchev–Trinajstić information content (AvgIpc) is 2.56. The highest BCUT2D eigenvalue weighted by atomic mass is 16.5. The summed E-state index contributed by atoms with van der Waals surface area (Å²) in [7, 11) is 3.07. The zero-order valence-corrected chi connectivity index (χ0v) is 12.2. The van der Waals surface area contributed by atoms with Gasteiger partial charge in [-0.2, -0.15) is 5.10 Å². The smallest absolute Gasteiger partial charge is 0.271 e. The van der Waals surface area contributed by atoms with E-state index in [1.165, 1.54) is 19.4 Å². The van der Waals surface area contributed by atoms with Crippen molar-refractivity contribution in [1.82, 2.24) is 5.43 Å². The molecule has 2 aromatic carbocycles. The van der Waals surface area contributed by atoms with Gasteiger partial charge >= 0.3 is 0 Å². The maximum atomic E-state index is 11.9. The molecule has 2 N–H and O–H groups in total. The maximum absolute atomic E-state index is 11.9. The zero-order valence-electron chi connectivity index (χ0n) is 12.2. The second-order valence-corrected chi connectivity index (χ2v) is 4.35. The van der Waals surface area contributed by atoms with E-state index >= 15 is 0 Å². The van der Waals surface area contributed by atoms with Crippen molar-refractivity contribution in [3.63, 3.8) is 0 Å². The Labute approximate surface area is 128 Å². The molecule has 0 atom stereocenters. The molecule has 2 aromatic rings. The predicted octanol–water partition coefficient (Wildman–Crippen LogP) is 2.17. The van der Waals surface area contributed by atoms with Gasteiger partial charge < -0.3 is 14.6 Å². The number of nitrogens with one attached hydrogen (secondary N) is 1. The molecule has 0 aliphatic carbocycles. The van der Waals surface area contributed by atoms with E-state index in [0.29, 0.717) is 22.6 Å². The van der Waals surface area contributed by atoms with Crippen molar-refractivity contribution in [2.45, 2.75) is 0 Å². The molecule has 22 heavy (non-hydrogen) atoms. The fourth-order valence-corrected chi connectivity index (χ4v) is 1.73. The summed E-state index contributed by atoms with van der Waals surface area (Å²) < 4.78 is 10.0. The van der Waals surface area contributed by atoms with E-state index in [-0.39, 0.29) is 11.7 Å². The van der Waals surface area contributed by atoms with Gasteiger partial charge in [0.25, 0.3) is 5.91 Å². The summed E-state index contributed by atoms with van der Waals surface area (Å²) in [6.45, 7) is 0. The van der Waals surface area contributed by atoms with Gasteiger partial charge in [-0.3, -0.25) is 4.79 Å². The lowest BCUT2D eigenvalue weighted by atomic mass is 10.2. The van der Waals surface area contributed by atoms with Crippen LogP contribution in [0, 0.1) is 0 Å². The summed E-state index contributed by atoms with van der Waals surface area (Å²) in [5.41, 5.74) is 3.31. The number of nitrogens with zero attached hydrogens (tertiary/aromatic N) is 1. The predicted molar refractivity (Wildman–Crippen MR) is 82.7 cm³/mol. The summed E-state index contributed by atoms with van der Waals surface area (Å²) in [4.78, 5) is 11.9. The van der Waals surface area contributed by atoms with Gasteiger partial charge in [0.15, 0.2) is 0 Å². The number of ether oxygens (including phenoxy) is 2. The van der Waals surface area contributed by atoms with Crippen LogP contribution in [0.15, 0.2) is 47.6 Å². The van der Waals surface area contributed by atoms with Gasteiger partial charge in [0, 0.05) is 17.2 Å². The third kappa shape index (κ3) is 3.76. The maximum Gasteiger partial charge on any atom is 0.271 e. The molecule has 0 spiro atoms. The minimum Gasteiger partial charge on any atom is -0.507 e. The lowest BCUT2D eigenvalue weighted by Gasteiger charge is -2.03. The molecule has 0 aliphatic rings. The zero-order chi connectivity index (χ0) is 15.9. The van der Waals surface area contributed by atoms with Crippen molar-refractivity contribution in [2.75, 3.05) is 14.2 Å². The minimum atomic E-state index is -0.355. The van der Waals surface area contributed by atoms with Gasteiger partial charge in [-0.15, -0.1) is 0 Å². The van der Waals surface area contributed by atoms with Crippen molar-refractivity contribution in [2.24, 2.45) is 5.10 Å². The van der Waals surface area contributed by atoms with E-state index in [4.69, 9.17) is 9.47 Å². The van der Waals surface area contributed by atoms with Crippen LogP contribution in [-0.2, 0) is 0 Å². The lowest BCUT2D eigenvalue weighted by Crippen LogP contribution is -2.17. The van der Waals surface area contributed by atoms with Gasteiger partial charge in [-0.1, -0.05) is 0 Å². The second-order valence-electron chi connectivity index (χ2n) is 4.35. The molecule has 0 saturated heterocycles. The topological polar surface area (TPSA) is 80.2 Å². The van der Waals surface area contributed by atoms with Crippen LogP contribution < -0.4 is 14.9 Å². The summed E-state index contributed by atoms with van der Waals surface area (Å²) >= 11 is 0. The molecule has 1 amide bonds. The normalized spacial score (nSPS) is 10.5. The number of rotatable bonds is 5. The van der Waals surface area contributed by atoms with Gasteiger partial charge in [0.2, 0.25) is 0 Å². The summed E-state index contributed by atoms with van der Waals surface area (Å²) in [6, 6.07) is 11.4. The number of methoxy groups -OCH3 is 2. The number of hydrogen-bond donors (Lipinski definition) is 2. The number of phenolic OH excluding ortho intramolecular Hbond substituents is 1. The largest absolute Gasteiger partial charge is 0.507 e. The summed E-state index contributed by atoms with van der Waals surface area (Å²) in [6.07, 6.45) is 1.36. The Balaban J connectivity index is 2.00. The Bertz CT molecular complexity index is 681. The number of benzene rings is 2.